The zero-order chi connectivity index (χ0) is 13.5. The highest BCUT2D eigenvalue weighted by atomic mass is 32.2. The van der Waals surface area contributed by atoms with Crippen molar-refractivity contribution >= 4 is 29.0 Å². The first-order valence-corrected chi connectivity index (χ1v) is 6.76. The smallest absolute Gasteiger partial charge is 0.270 e. The van der Waals surface area contributed by atoms with Crippen LogP contribution in [0.15, 0.2) is 18.2 Å². The van der Waals surface area contributed by atoms with Crippen molar-refractivity contribution in [3.05, 3.63) is 33.9 Å². The minimum atomic E-state index is -0.552. The maximum absolute atomic E-state index is 11.8. The van der Waals surface area contributed by atoms with Crippen LogP contribution in [-0.4, -0.2) is 29.4 Å². The number of nitrogen functional groups attached to an aromatic ring is 1. The molecule has 1 rings (SSSR count). The molecule has 1 amide bonds. The minimum absolute atomic E-state index is 0.140. The van der Waals surface area contributed by atoms with E-state index in [0.29, 0.717) is 6.54 Å². The number of carbonyl (C=O) groups is 1. The molecular weight excluding hydrogens is 254 g/mol. The van der Waals surface area contributed by atoms with Crippen LogP contribution in [0.5, 0.6) is 0 Å². The first-order chi connectivity index (χ1) is 8.56. The summed E-state index contributed by atoms with van der Waals surface area (Å²) in [5, 5.41) is 13.3. The predicted molar refractivity (Wildman–Crippen MR) is 72.8 cm³/mol. The van der Waals surface area contributed by atoms with Crippen LogP contribution in [0.1, 0.15) is 16.8 Å². The number of carbonyl (C=O) groups excluding carboxylic acids is 1. The summed E-state index contributed by atoms with van der Waals surface area (Å²) in [5.74, 6) is 0.572. The molecule has 0 radical (unpaired) electrons. The molecule has 0 atom stereocenters. The zero-order valence-electron chi connectivity index (χ0n) is 10.0. The molecule has 0 aliphatic rings. The predicted octanol–water partition coefficient (Wildman–Crippen LogP) is 1.66. The number of rotatable bonds is 6. The lowest BCUT2D eigenvalue weighted by atomic mass is 10.1. The van der Waals surface area contributed by atoms with Crippen molar-refractivity contribution in [2.24, 2.45) is 0 Å². The normalized spacial score (nSPS) is 10.1. The first-order valence-electron chi connectivity index (χ1n) is 5.37. The van der Waals surface area contributed by atoms with Gasteiger partial charge in [-0.2, -0.15) is 11.8 Å². The fraction of sp³-hybridized carbons (Fsp3) is 0.364. The highest BCUT2D eigenvalue weighted by Crippen LogP contribution is 2.19. The fourth-order valence-electron chi connectivity index (χ4n) is 1.37. The summed E-state index contributed by atoms with van der Waals surface area (Å²) >= 11 is 1.69. The maximum atomic E-state index is 11.8. The molecule has 0 saturated heterocycles. The molecule has 0 heterocycles. The maximum Gasteiger partial charge on any atom is 0.270 e. The third-order valence-electron chi connectivity index (χ3n) is 2.30. The number of anilines is 1. The number of hydrogen-bond acceptors (Lipinski definition) is 5. The summed E-state index contributed by atoms with van der Waals surface area (Å²) in [6.07, 6.45) is 2.84. The van der Waals surface area contributed by atoms with Gasteiger partial charge in [-0.05, 0) is 24.5 Å². The number of non-ortho nitro benzene ring substituents is 1. The molecule has 1 aromatic carbocycles. The Kier molecular flexibility index (Phi) is 5.44. The first kappa shape index (κ1) is 14.3. The number of nitrogens with two attached hydrogens (primary N) is 1. The second-order valence-electron chi connectivity index (χ2n) is 3.63. The van der Waals surface area contributed by atoms with Gasteiger partial charge in [0.25, 0.3) is 11.6 Å². The number of nitrogens with zero attached hydrogens (tertiary/aromatic N) is 1. The molecule has 18 heavy (non-hydrogen) atoms. The lowest BCUT2D eigenvalue weighted by Crippen LogP contribution is -2.25. The number of benzene rings is 1. The van der Waals surface area contributed by atoms with E-state index in [1.54, 1.807) is 11.8 Å². The van der Waals surface area contributed by atoms with E-state index in [9.17, 15) is 14.9 Å². The van der Waals surface area contributed by atoms with E-state index in [1.807, 2.05) is 6.26 Å². The third-order valence-corrected chi connectivity index (χ3v) is 3.00. The number of nitro benzene ring substituents is 1. The molecule has 3 N–H and O–H groups in total. The zero-order valence-corrected chi connectivity index (χ0v) is 10.8. The largest absolute Gasteiger partial charge is 0.398 e. The Balaban J connectivity index is 2.72. The van der Waals surface area contributed by atoms with Gasteiger partial charge >= 0.3 is 0 Å². The lowest BCUT2D eigenvalue weighted by Gasteiger charge is -2.06. The highest BCUT2D eigenvalue weighted by molar-refractivity contribution is 7.98. The van der Waals surface area contributed by atoms with Crippen molar-refractivity contribution in [2.45, 2.75) is 6.42 Å². The van der Waals surface area contributed by atoms with E-state index in [4.69, 9.17) is 5.73 Å². The Bertz CT molecular complexity index is 451. The Labute approximate surface area is 109 Å². The van der Waals surface area contributed by atoms with Crippen LogP contribution in [-0.2, 0) is 0 Å². The number of thioether (sulfide) groups is 1. The topological polar surface area (TPSA) is 98.3 Å². The van der Waals surface area contributed by atoms with Gasteiger partial charge in [0.2, 0.25) is 0 Å². The molecular formula is C11H15N3O3S. The van der Waals surface area contributed by atoms with E-state index in [0.717, 1.165) is 12.2 Å². The molecule has 0 bridgehead atoms. The van der Waals surface area contributed by atoms with E-state index >= 15 is 0 Å². The molecule has 0 aliphatic heterocycles. The molecule has 6 nitrogen and oxygen atoms in total. The Hall–Kier alpha value is -1.76. The standard InChI is InChI=1S/C11H15N3O3S/c1-18-6-2-5-13-11(15)9-7-8(14(16)17)3-4-10(9)12/h3-4,7H,2,5-6,12H2,1H3,(H,13,15). The highest BCUT2D eigenvalue weighted by Gasteiger charge is 2.14. The summed E-state index contributed by atoms with van der Waals surface area (Å²) < 4.78 is 0. The van der Waals surface area contributed by atoms with E-state index in [-0.39, 0.29) is 22.8 Å². The Morgan fingerprint density at radius 1 is 1.56 bits per heavy atom. The molecule has 0 unspecified atom stereocenters. The average molecular weight is 269 g/mol. The van der Waals surface area contributed by atoms with Gasteiger partial charge in [0, 0.05) is 24.4 Å². The van der Waals surface area contributed by atoms with Gasteiger partial charge in [-0.25, -0.2) is 0 Å². The summed E-state index contributed by atoms with van der Waals surface area (Å²) in [6, 6.07) is 3.84. The molecule has 0 aliphatic carbocycles. The summed E-state index contributed by atoms with van der Waals surface area (Å²) in [4.78, 5) is 21.8. The van der Waals surface area contributed by atoms with Crippen LogP contribution in [0.4, 0.5) is 11.4 Å². The number of amides is 1. The van der Waals surface area contributed by atoms with Crippen molar-refractivity contribution in [1.29, 1.82) is 0 Å². The summed E-state index contributed by atoms with van der Waals surface area (Å²) in [6.45, 7) is 0.530. The number of nitro groups is 1. The van der Waals surface area contributed by atoms with Crippen LogP contribution in [0.3, 0.4) is 0 Å². The number of nitrogens with one attached hydrogen (secondary N) is 1. The minimum Gasteiger partial charge on any atom is -0.398 e. The quantitative estimate of drug-likeness (QED) is 0.354. The third kappa shape index (κ3) is 3.92. The van der Waals surface area contributed by atoms with Crippen LogP contribution in [0, 0.1) is 10.1 Å². The lowest BCUT2D eigenvalue weighted by molar-refractivity contribution is -0.384. The van der Waals surface area contributed by atoms with Crippen molar-refractivity contribution < 1.29 is 9.72 Å². The van der Waals surface area contributed by atoms with Crippen LogP contribution in [0.2, 0.25) is 0 Å². The van der Waals surface area contributed by atoms with Crippen LogP contribution >= 0.6 is 11.8 Å². The molecule has 0 aromatic heterocycles. The summed E-state index contributed by atoms with van der Waals surface area (Å²) in [5.41, 5.74) is 5.88. The average Bonchev–Trinajstić information content (AvgIpc) is 2.34. The van der Waals surface area contributed by atoms with Gasteiger partial charge in [0.15, 0.2) is 0 Å². The number of hydrogen-bond donors (Lipinski definition) is 2. The van der Waals surface area contributed by atoms with Gasteiger partial charge in [0.1, 0.15) is 0 Å². The van der Waals surface area contributed by atoms with Gasteiger partial charge in [0.05, 0.1) is 10.5 Å². The van der Waals surface area contributed by atoms with E-state index in [1.165, 1.54) is 18.2 Å². The fourth-order valence-corrected chi connectivity index (χ4v) is 1.80. The molecule has 1 aromatic rings. The Morgan fingerprint density at radius 2 is 2.28 bits per heavy atom. The van der Waals surface area contributed by atoms with Crippen molar-refractivity contribution in [1.82, 2.24) is 5.32 Å². The van der Waals surface area contributed by atoms with E-state index < -0.39 is 4.92 Å². The molecule has 0 saturated carbocycles. The second-order valence-corrected chi connectivity index (χ2v) is 4.62. The van der Waals surface area contributed by atoms with Gasteiger partial charge < -0.3 is 11.1 Å². The van der Waals surface area contributed by atoms with Crippen LogP contribution < -0.4 is 11.1 Å². The summed E-state index contributed by atoms with van der Waals surface area (Å²) in [7, 11) is 0. The second kappa shape index (κ2) is 6.85. The van der Waals surface area contributed by atoms with Crippen LogP contribution in [0.25, 0.3) is 0 Å². The van der Waals surface area contributed by atoms with Gasteiger partial charge in [-0.3, -0.25) is 14.9 Å². The molecule has 98 valence electrons. The van der Waals surface area contributed by atoms with E-state index in [2.05, 4.69) is 5.32 Å². The monoisotopic (exact) mass is 269 g/mol. The Morgan fingerprint density at radius 3 is 2.89 bits per heavy atom. The molecule has 0 spiro atoms. The van der Waals surface area contributed by atoms with Gasteiger partial charge in [-0.15, -0.1) is 0 Å². The SMILES string of the molecule is CSCCCNC(=O)c1cc([N+](=O)[O-])ccc1N. The van der Waals surface area contributed by atoms with Crippen molar-refractivity contribution in [2.75, 3.05) is 24.3 Å². The van der Waals surface area contributed by atoms with Crippen molar-refractivity contribution in [3.8, 4) is 0 Å². The van der Waals surface area contributed by atoms with Crippen molar-refractivity contribution in [3.63, 3.8) is 0 Å². The molecule has 7 heteroatoms. The van der Waals surface area contributed by atoms with Gasteiger partial charge in [-0.1, -0.05) is 0 Å². The molecule has 0 fully saturated rings.